The van der Waals surface area contributed by atoms with Gasteiger partial charge in [-0.1, -0.05) is 12.1 Å². The van der Waals surface area contributed by atoms with E-state index in [1.54, 1.807) is 43.4 Å². The number of nitrogens with zero attached hydrogens (tertiary/aromatic N) is 1. The number of aryl methyl sites for hydroxylation is 1. The van der Waals surface area contributed by atoms with E-state index in [0.717, 1.165) is 5.56 Å². The van der Waals surface area contributed by atoms with Crippen molar-refractivity contribution in [2.24, 2.45) is 0 Å². The fourth-order valence-electron chi connectivity index (χ4n) is 3.22. The summed E-state index contributed by atoms with van der Waals surface area (Å²) in [5, 5.41) is 0. The van der Waals surface area contributed by atoms with Gasteiger partial charge in [0.2, 0.25) is 15.7 Å². The van der Waals surface area contributed by atoms with Crippen LogP contribution in [0.25, 0.3) is 0 Å². The minimum atomic E-state index is -3.66. The molecule has 0 saturated heterocycles. The molecule has 0 unspecified atom stereocenters. The van der Waals surface area contributed by atoms with Crippen molar-refractivity contribution in [1.82, 2.24) is 0 Å². The lowest BCUT2D eigenvalue weighted by Crippen LogP contribution is -2.21. The van der Waals surface area contributed by atoms with Gasteiger partial charge in [0.25, 0.3) is 0 Å². The second kappa shape index (κ2) is 5.81. The van der Waals surface area contributed by atoms with Gasteiger partial charge in [-0.25, -0.2) is 8.42 Å². The van der Waals surface area contributed by atoms with E-state index < -0.39 is 9.84 Å². The highest BCUT2D eigenvalue weighted by Crippen LogP contribution is 2.53. The molecular formula is C19H17NO5S. The first-order valence-electron chi connectivity index (χ1n) is 7.93. The molecule has 0 N–H and O–H groups in total. The number of anilines is 3. The topological polar surface area (TPSA) is 69.0 Å². The number of hydrogen-bond acceptors (Lipinski definition) is 6. The molecule has 4 rings (SSSR count). The molecule has 6 nitrogen and oxygen atoms in total. The number of sulfone groups is 1. The van der Waals surface area contributed by atoms with Crippen molar-refractivity contribution >= 4 is 27.1 Å². The van der Waals surface area contributed by atoms with E-state index in [-0.39, 0.29) is 15.7 Å². The second-order valence-electron chi connectivity index (χ2n) is 5.91. The Kier molecular flexibility index (Phi) is 3.69. The second-order valence-corrected chi connectivity index (χ2v) is 7.80. The summed E-state index contributed by atoms with van der Waals surface area (Å²) in [6.07, 6.45) is 1.37. The maximum Gasteiger partial charge on any atom is 0.223 e. The van der Waals surface area contributed by atoms with Crippen LogP contribution >= 0.6 is 0 Å². The zero-order valence-electron chi connectivity index (χ0n) is 14.5. The van der Waals surface area contributed by atoms with Gasteiger partial charge < -0.3 is 13.9 Å². The van der Waals surface area contributed by atoms with Crippen molar-refractivity contribution in [2.75, 3.05) is 19.1 Å². The lowest BCUT2D eigenvalue weighted by atomic mass is 10.1. The minimum Gasteiger partial charge on any atom is -0.494 e. The predicted molar refractivity (Wildman–Crippen MR) is 96.7 cm³/mol. The first-order chi connectivity index (χ1) is 12.5. The van der Waals surface area contributed by atoms with E-state index in [1.165, 1.54) is 12.3 Å². The highest BCUT2D eigenvalue weighted by molar-refractivity contribution is 7.92. The molecule has 0 bridgehead atoms. The third-order valence-electron chi connectivity index (χ3n) is 4.35. The average molecular weight is 371 g/mol. The molecule has 1 aromatic heterocycles. The minimum absolute atomic E-state index is 0.112. The number of furan rings is 1. The van der Waals surface area contributed by atoms with Crippen LogP contribution in [0, 0.1) is 6.92 Å². The number of rotatable bonds is 3. The van der Waals surface area contributed by atoms with Gasteiger partial charge in [0.15, 0.2) is 0 Å². The number of hydrogen-bond donors (Lipinski definition) is 0. The van der Waals surface area contributed by atoms with E-state index in [2.05, 4.69) is 0 Å². The summed E-state index contributed by atoms with van der Waals surface area (Å²) in [4.78, 5) is 2.04. The fraction of sp³-hybridized carbons (Fsp3) is 0.158. The Bertz CT molecular complexity index is 1080. The van der Waals surface area contributed by atoms with Crippen molar-refractivity contribution in [1.29, 1.82) is 0 Å². The smallest absolute Gasteiger partial charge is 0.223 e. The maximum absolute atomic E-state index is 12.9. The average Bonchev–Trinajstić information content (AvgIpc) is 3.13. The number of methoxy groups -OCH3 is 2. The fourth-order valence-corrected chi connectivity index (χ4v) is 4.75. The lowest BCUT2D eigenvalue weighted by molar-refractivity contribution is 0.395. The zero-order valence-corrected chi connectivity index (χ0v) is 15.3. The first-order valence-corrected chi connectivity index (χ1v) is 9.41. The van der Waals surface area contributed by atoms with Gasteiger partial charge in [0.1, 0.15) is 22.1 Å². The molecule has 0 fully saturated rings. The largest absolute Gasteiger partial charge is 0.494 e. The molecular weight excluding hydrogens is 354 g/mol. The van der Waals surface area contributed by atoms with Crippen LogP contribution in [0.5, 0.6) is 11.5 Å². The quantitative estimate of drug-likeness (QED) is 0.537. The van der Waals surface area contributed by atoms with E-state index >= 15 is 0 Å². The highest BCUT2D eigenvalue weighted by Gasteiger charge is 2.39. The Morgan fingerprint density at radius 3 is 2.27 bits per heavy atom. The number of para-hydroxylation sites is 1. The van der Waals surface area contributed by atoms with Crippen LogP contribution in [0.3, 0.4) is 0 Å². The van der Waals surface area contributed by atoms with Gasteiger partial charge in [0, 0.05) is 0 Å². The molecule has 1 aliphatic rings. The van der Waals surface area contributed by atoms with E-state index in [1.807, 2.05) is 19.1 Å². The van der Waals surface area contributed by atoms with Gasteiger partial charge in [-0.05, 0) is 42.8 Å². The van der Waals surface area contributed by atoms with Crippen LogP contribution in [-0.2, 0) is 9.84 Å². The summed E-state index contributed by atoms with van der Waals surface area (Å²) in [7, 11) is -0.538. The molecule has 0 radical (unpaired) electrons. The monoisotopic (exact) mass is 371 g/mol. The van der Waals surface area contributed by atoms with Gasteiger partial charge >= 0.3 is 0 Å². The van der Waals surface area contributed by atoms with Crippen molar-refractivity contribution < 1.29 is 22.3 Å². The Balaban J connectivity index is 2.10. The van der Waals surface area contributed by atoms with Crippen LogP contribution in [-0.4, -0.2) is 22.6 Å². The van der Waals surface area contributed by atoms with Gasteiger partial charge in [-0.3, -0.25) is 4.90 Å². The standard InChI is InChI=1S/C19H17NO5S/c1-12-10-14(23-2)18(15(11-12)24-3)20-13-6-4-5-7-16(13)26(21,22)17-8-9-25-19(17)20/h4-11H,1-3H3. The van der Waals surface area contributed by atoms with Crippen LogP contribution in [0.1, 0.15) is 5.56 Å². The summed E-state index contributed by atoms with van der Waals surface area (Å²) in [5.41, 5.74) is 2.02. The first kappa shape index (κ1) is 16.5. The predicted octanol–water partition coefficient (Wildman–Crippen LogP) is 4.22. The molecule has 0 saturated carbocycles. The SMILES string of the molecule is COc1cc(C)cc(OC)c1N1c2ccccc2S(=O)(=O)c2ccoc21. The summed E-state index contributed by atoms with van der Waals surface area (Å²) in [6, 6.07) is 12.0. The van der Waals surface area contributed by atoms with Crippen LogP contribution in [0.4, 0.5) is 17.3 Å². The molecule has 0 spiro atoms. The lowest BCUT2D eigenvalue weighted by Gasteiger charge is -2.31. The van der Waals surface area contributed by atoms with Crippen LogP contribution < -0.4 is 14.4 Å². The normalized spacial score (nSPS) is 14.5. The number of fused-ring (bicyclic) bond motifs is 2. The molecule has 134 valence electrons. The molecule has 0 amide bonds. The molecule has 1 aliphatic heterocycles. The molecule has 2 heterocycles. The van der Waals surface area contributed by atoms with Crippen molar-refractivity contribution in [3.8, 4) is 11.5 Å². The summed E-state index contributed by atoms with van der Waals surface area (Å²) >= 11 is 0. The maximum atomic E-state index is 12.9. The van der Waals surface area contributed by atoms with E-state index in [4.69, 9.17) is 13.9 Å². The van der Waals surface area contributed by atoms with Gasteiger partial charge in [-0.2, -0.15) is 0 Å². The van der Waals surface area contributed by atoms with Crippen molar-refractivity contribution in [3.05, 3.63) is 54.3 Å². The summed E-state index contributed by atoms with van der Waals surface area (Å²) in [6.45, 7) is 1.93. The van der Waals surface area contributed by atoms with E-state index in [9.17, 15) is 8.42 Å². The number of ether oxygens (including phenoxy) is 2. The van der Waals surface area contributed by atoms with Gasteiger partial charge in [-0.15, -0.1) is 0 Å². The van der Waals surface area contributed by atoms with Crippen molar-refractivity contribution in [3.63, 3.8) is 0 Å². The molecule has 0 aliphatic carbocycles. The summed E-state index contributed by atoms with van der Waals surface area (Å²) < 4.78 is 42.6. The van der Waals surface area contributed by atoms with Crippen molar-refractivity contribution in [2.45, 2.75) is 16.7 Å². The Hall–Kier alpha value is -2.93. The van der Waals surface area contributed by atoms with E-state index in [0.29, 0.717) is 22.9 Å². The van der Waals surface area contributed by atoms with Crippen LogP contribution in [0.2, 0.25) is 0 Å². The zero-order chi connectivity index (χ0) is 18.5. The third-order valence-corrected chi connectivity index (χ3v) is 6.16. The molecule has 2 aromatic carbocycles. The Labute approximate surface area is 151 Å². The third kappa shape index (κ3) is 2.20. The van der Waals surface area contributed by atoms with Crippen LogP contribution in [0.15, 0.2) is 62.9 Å². The molecule has 7 heteroatoms. The molecule has 3 aromatic rings. The Morgan fingerprint density at radius 2 is 1.62 bits per heavy atom. The Morgan fingerprint density at radius 1 is 0.962 bits per heavy atom. The summed E-state index contributed by atoms with van der Waals surface area (Å²) in [5.74, 6) is 1.32. The van der Waals surface area contributed by atoms with Gasteiger partial charge in [0.05, 0.1) is 31.1 Å². The number of benzene rings is 2. The molecule has 26 heavy (non-hydrogen) atoms. The highest BCUT2D eigenvalue weighted by atomic mass is 32.2. The molecule has 0 atom stereocenters.